The van der Waals surface area contributed by atoms with Crippen molar-refractivity contribution in [2.75, 3.05) is 13.2 Å². The van der Waals surface area contributed by atoms with Crippen LogP contribution in [0.25, 0.3) is 0 Å². The highest BCUT2D eigenvalue weighted by Crippen LogP contribution is 2.16. The number of halogens is 1. The number of nitrogens with one attached hydrogen (secondary N) is 1. The van der Waals surface area contributed by atoms with Crippen molar-refractivity contribution < 1.29 is 14.3 Å². The highest BCUT2D eigenvalue weighted by molar-refractivity contribution is 9.10. The largest absolute Gasteiger partial charge is 0.484 e. The third-order valence-electron chi connectivity index (χ3n) is 4.68. The fourth-order valence-electron chi connectivity index (χ4n) is 2.81. The number of rotatable bonds is 10. The predicted molar refractivity (Wildman–Crippen MR) is 119 cm³/mol. The fraction of sp³-hybridized carbons (Fsp3) is 0.391. The van der Waals surface area contributed by atoms with Crippen molar-refractivity contribution in [1.29, 1.82) is 0 Å². The van der Waals surface area contributed by atoms with Gasteiger partial charge >= 0.3 is 0 Å². The Balaban J connectivity index is 2.09. The van der Waals surface area contributed by atoms with Crippen LogP contribution >= 0.6 is 15.9 Å². The molecule has 0 fully saturated rings. The van der Waals surface area contributed by atoms with Gasteiger partial charge in [-0.05, 0) is 55.2 Å². The molecule has 2 amide bonds. The third kappa shape index (κ3) is 7.20. The van der Waals surface area contributed by atoms with E-state index in [1.165, 1.54) is 5.56 Å². The molecule has 0 saturated heterocycles. The van der Waals surface area contributed by atoms with Gasteiger partial charge in [-0.15, -0.1) is 0 Å². The maximum absolute atomic E-state index is 12.9. The second-order valence-corrected chi connectivity index (χ2v) is 7.82. The molecular weight excluding hydrogens is 432 g/mol. The lowest BCUT2D eigenvalue weighted by Crippen LogP contribution is -2.49. The molecular formula is C23H29BrN2O3. The van der Waals surface area contributed by atoms with Crippen molar-refractivity contribution in [2.24, 2.45) is 0 Å². The van der Waals surface area contributed by atoms with E-state index in [9.17, 15) is 9.59 Å². The molecule has 2 aromatic rings. The van der Waals surface area contributed by atoms with Crippen molar-refractivity contribution in [3.05, 3.63) is 64.1 Å². The van der Waals surface area contributed by atoms with E-state index in [4.69, 9.17) is 4.74 Å². The van der Waals surface area contributed by atoms with Gasteiger partial charge in [-0.2, -0.15) is 0 Å². The minimum atomic E-state index is -0.594. The van der Waals surface area contributed by atoms with Crippen LogP contribution in [0.15, 0.2) is 53.0 Å². The number of aryl methyl sites for hydroxylation is 1. The zero-order valence-electron chi connectivity index (χ0n) is 17.3. The molecule has 0 aliphatic carbocycles. The van der Waals surface area contributed by atoms with Crippen LogP contribution in [0.5, 0.6) is 5.75 Å². The van der Waals surface area contributed by atoms with Gasteiger partial charge in [0.1, 0.15) is 11.8 Å². The van der Waals surface area contributed by atoms with E-state index in [0.717, 1.165) is 22.9 Å². The van der Waals surface area contributed by atoms with Crippen LogP contribution in [-0.2, 0) is 22.6 Å². The quantitative estimate of drug-likeness (QED) is 0.573. The molecule has 0 heterocycles. The standard InChI is InChI=1S/C23H29BrN2O3/c1-4-14-25-23(28)17(3)26(15-19-6-10-20(24)11-7-19)22(27)16-29-21-12-8-18(5-2)9-13-21/h6-13,17H,4-5,14-16H2,1-3H3,(H,25,28)/t17-/m1/s1. The molecule has 0 saturated carbocycles. The summed E-state index contributed by atoms with van der Waals surface area (Å²) in [5.74, 6) is 0.249. The van der Waals surface area contributed by atoms with Crippen LogP contribution in [0.3, 0.4) is 0 Å². The predicted octanol–water partition coefficient (Wildman–Crippen LogP) is 4.33. The first-order chi connectivity index (χ1) is 13.9. The summed E-state index contributed by atoms with van der Waals surface area (Å²) in [5, 5.41) is 2.87. The van der Waals surface area contributed by atoms with Crippen molar-refractivity contribution in [1.82, 2.24) is 10.2 Å². The molecule has 0 spiro atoms. The van der Waals surface area contributed by atoms with Crippen molar-refractivity contribution >= 4 is 27.7 Å². The SMILES string of the molecule is CCCNC(=O)[C@@H](C)N(Cc1ccc(Br)cc1)C(=O)COc1ccc(CC)cc1. The lowest BCUT2D eigenvalue weighted by atomic mass is 10.1. The summed E-state index contributed by atoms with van der Waals surface area (Å²) in [7, 11) is 0. The van der Waals surface area contributed by atoms with Gasteiger partial charge in [-0.1, -0.05) is 54.0 Å². The van der Waals surface area contributed by atoms with E-state index < -0.39 is 6.04 Å². The third-order valence-corrected chi connectivity index (χ3v) is 5.21. The molecule has 6 heteroatoms. The first-order valence-electron chi connectivity index (χ1n) is 9.98. The molecule has 2 rings (SSSR count). The Morgan fingerprint density at radius 1 is 1.03 bits per heavy atom. The number of benzene rings is 2. The Morgan fingerprint density at radius 2 is 1.66 bits per heavy atom. The molecule has 0 unspecified atom stereocenters. The van der Waals surface area contributed by atoms with Crippen molar-refractivity contribution in [2.45, 2.75) is 46.2 Å². The van der Waals surface area contributed by atoms with E-state index in [0.29, 0.717) is 18.8 Å². The Morgan fingerprint density at radius 3 is 2.24 bits per heavy atom. The molecule has 1 atom stereocenters. The van der Waals surface area contributed by atoms with Gasteiger partial charge in [-0.25, -0.2) is 0 Å². The van der Waals surface area contributed by atoms with Crippen LogP contribution < -0.4 is 10.1 Å². The molecule has 5 nitrogen and oxygen atoms in total. The summed E-state index contributed by atoms with van der Waals surface area (Å²) in [4.78, 5) is 27.0. The van der Waals surface area contributed by atoms with E-state index in [2.05, 4.69) is 28.2 Å². The monoisotopic (exact) mass is 460 g/mol. The van der Waals surface area contributed by atoms with Crippen LogP contribution in [-0.4, -0.2) is 35.9 Å². The number of nitrogens with zero attached hydrogens (tertiary/aromatic N) is 1. The van der Waals surface area contributed by atoms with Crippen molar-refractivity contribution in [3.63, 3.8) is 0 Å². The van der Waals surface area contributed by atoms with Gasteiger partial charge in [0.05, 0.1) is 0 Å². The number of carbonyl (C=O) groups excluding carboxylic acids is 2. The fourth-order valence-corrected chi connectivity index (χ4v) is 3.08. The van der Waals surface area contributed by atoms with Gasteiger partial charge in [0.2, 0.25) is 5.91 Å². The maximum atomic E-state index is 12.9. The van der Waals surface area contributed by atoms with Gasteiger partial charge in [0.25, 0.3) is 5.91 Å². The highest BCUT2D eigenvalue weighted by Gasteiger charge is 2.26. The number of hydrogen-bond donors (Lipinski definition) is 1. The topological polar surface area (TPSA) is 58.6 Å². The zero-order valence-corrected chi connectivity index (χ0v) is 18.9. The molecule has 0 aromatic heterocycles. The maximum Gasteiger partial charge on any atom is 0.261 e. The number of amides is 2. The molecule has 1 N–H and O–H groups in total. The van der Waals surface area contributed by atoms with Crippen molar-refractivity contribution in [3.8, 4) is 5.75 Å². The van der Waals surface area contributed by atoms with Crippen LogP contribution in [0.4, 0.5) is 0 Å². The summed E-state index contributed by atoms with van der Waals surface area (Å²) in [6.07, 6.45) is 1.79. The van der Waals surface area contributed by atoms with E-state index >= 15 is 0 Å². The smallest absolute Gasteiger partial charge is 0.261 e. The molecule has 0 aliphatic heterocycles. The molecule has 2 aromatic carbocycles. The second-order valence-electron chi connectivity index (χ2n) is 6.90. The average molecular weight is 461 g/mol. The molecule has 156 valence electrons. The highest BCUT2D eigenvalue weighted by atomic mass is 79.9. The second kappa shape index (κ2) is 11.6. The summed E-state index contributed by atoms with van der Waals surface area (Å²) >= 11 is 3.42. The first-order valence-corrected chi connectivity index (χ1v) is 10.8. The minimum absolute atomic E-state index is 0.118. The van der Waals surface area contributed by atoms with E-state index in [-0.39, 0.29) is 18.4 Å². The van der Waals surface area contributed by atoms with Gasteiger partial charge in [-0.3, -0.25) is 9.59 Å². The van der Waals surface area contributed by atoms with E-state index in [1.807, 2.05) is 55.5 Å². The zero-order chi connectivity index (χ0) is 21.2. The van der Waals surface area contributed by atoms with Crippen LogP contribution in [0.2, 0.25) is 0 Å². The molecule has 0 bridgehead atoms. The summed E-state index contributed by atoms with van der Waals surface area (Å²) in [6.45, 7) is 6.64. The minimum Gasteiger partial charge on any atom is -0.484 e. The number of ether oxygens (including phenoxy) is 1. The lowest BCUT2D eigenvalue weighted by Gasteiger charge is -2.28. The van der Waals surface area contributed by atoms with Gasteiger partial charge in [0, 0.05) is 17.6 Å². The first kappa shape index (κ1) is 22.9. The summed E-state index contributed by atoms with van der Waals surface area (Å²) in [5.41, 5.74) is 2.16. The summed E-state index contributed by atoms with van der Waals surface area (Å²) < 4.78 is 6.65. The van der Waals surface area contributed by atoms with Gasteiger partial charge < -0.3 is 15.0 Å². The molecule has 29 heavy (non-hydrogen) atoms. The van der Waals surface area contributed by atoms with Crippen LogP contribution in [0, 0.1) is 0 Å². The average Bonchev–Trinajstić information content (AvgIpc) is 2.75. The Bertz CT molecular complexity index is 791. The normalized spacial score (nSPS) is 11.6. The Kier molecular flexibility index (Phi) is 9.19. The Hall–Kier alpha value is -2.34. The lowest BCUT2D eigenvalue weighted by molar-refractivity contribution is -0.142. The van der Waals surface area contributed by atoms with Crippen LogP contribution in [0.1, 0.15) is 38.3 Å². The van der Waals surface area contributed by atoms with E-state index in [1.54, 1.807) is 11.8 Å². The molecule has 0 radical (unpaired) electrons. The Labute approximate surface area is 181 Å². The number of hydrogen-bond acceptors (Lipinski definition) is 3. The molecule has 0 aliphatic rings. The summed E-state index contributed by atoms with van der Waals surface area (Å²) in [6, 6.07) is 14.8. The van der Waals surface area contributed by atoms with Gasteiger partial charge in [0.15, 0.2) is 6.61 Å². The number of carbonyl (C=O) groups is 2.